The molecule has 2 saturated heterocycles. The van der Waals surface area contributed by atoms with Gasteiger partial charge in [-0.25, -0.2) is 5.06 Å². The first-order chi connectivity index (χ1) is 15.3. The molecule has 5 rings (SSSR count). The fourth-order valence-corrected chi connectivity index (χ4v) is 4.85. The number of hydrogen-bond donors (Lipinski definition) is 0. The first kappa shape index (κ1) is 19.8. The van der Waals surface area contributed by atoms with Crippen molar-refractivity contribution in [3.8, 4) is 0 Å². The zero-order valence-corrected chi connectivity index (χ0v) is 17.6. The Morgan fingerprint density at radius 1 is 0.710 bits per heavy atom. The first-order valence-electron chi connectivity index (χ1n) is 11.2. The second kappa shape index (κ2) is 8.94. The molecule has 0 spiro atoms. The van der Waals surface area contributed by atoms with E-state index in [1.54, 1.807) is 0 Å². The van der Waals surface area contributed by atoms with Gasteiger partial charge < -0.3 is 4.90 Å². The van der Waals surface area contributed by atoms with E-state index in [1.165, 1.54) is 6.42 Å². The number of carbonyl (C=O) groups is 1. The van der Waals surface area contributed by atoms with Crippen LogP contribution in [0.2, 0.25) is 0 Å². The molecule has 2 aliphatic rings. The number of hydroxylamine groups is 1. The Morgan fingerprint density at radius 2 is 1.26 bits per heavy atom. The van der Waals surface area contributed by atoms with Gasteiger partial charge in [-0.1, -0.05) is 78.9 Å². The van der Waals surface area contributed by atoms with Gasteiger partial charge in [0.05, 0.1) is 17.6 Å². The molecule has 3 aromatic carbocycles. The molecule has 0 bridgehead atoms. The number of hydrogen-bond acceptors (Lipinski definition) is 3. The molecule has 1 amide bonds. The zero-order valence-electron chi connectivity index (χ0n) is 17.6. The molecule has 0 radical (unpaired) electrons. The molecule has 0 N–H and O–H groups in total. The lowest BCUT2D eigenvalue weighted by Crippen LogP contribution is -2.42. The molecule has 0 saturated carbocycles. The van der Waals surface area contributed by atoms with Crippen molar-refractivity contribution in [2.24, 2.45) is 5.92 Å². The van der Waals surface area contributed by atoms with Crippen molar-refractivity contribution in [3.63, 3.8) is 0 Å². The molecule has 2 aliphatic heterocycles. The Balaban J connectivity index is 1.61. The average Bonchev–Trinajstić information content (AvgIpc) is 3.26. The van der Waals surface area contributed by atoms with Crippen molar-refractivity contribution in [2.45, 2.75) is 31.4 Å². The summed E-state index contributed by atoms with van der Waals surface area (Å²) in [6.07, 6.45) is 3.02. The topological polar surface area (TPSA) is 32.8 Å². The van der Waals surface area contributed by atoms with Crippen LogP contribution in [-0.2, 0) is 9.63 Å². The Labute approximate surface area is 184 Å². The molecule has 158 valence electrons. The third-order valence-electron chi connectivity index (χ3n) is 6.38. The standard InChI is InChI=1S/C27H28N2O2/c30-27(28-19-11-4-12-20-28)24-25(21-13-5-1-6-14-21)29(23-17-9-3-10-18-23)31-26(24)22-15-7-2-8-16-22/h1-3,5-10,13-18,24-26H,4,11-12,19-20H2/t24-,25+,26+/m1/s1. The minimum atomic E-state index is -0.332. The summed E-state index contributed by atoms with van der Waals surface area (Å²) in [6, 6.07) is 30.4. The molecular formula is C27H28N2O2. The van der Waals surface area contributed by atoms with Crippen molar-refractivity contribution in [1.29, 1.82) is 0 Å². The zero-order chi connectivity index (χ0) is 21.0. The van der Waals surface area contributed by atoms with E-state index in [4.69, 9.17) is 4.84 Å². The summed E-state index contributed by atoms with van der Waals surface area (Å²) in [5.74, 6) is -0.121. The molecule has 31 heavy (non-hydrogen) atoms. The van der Waals surface area contributed by atoms with E-state index in [0.717, 1.165) is 42.7 Å². The fraction of sp³-hybridized carbons (Fsp3) is 0.296. The minimum absolute atomic E-state index is 0.191. The summed E-state index contributed by atoms with van der Waals surface area (Å²) < 4.78 is 0. The number of anilines is 1. The highest BCUT2D eigenvalue weighted by molar-refractivity contribution is 5.82. The lowest BCUT2D eigenvalue weighted by molar-refractivity contribution is -0.138. The Hall–Kier alpha value is -3.11. The van der Waals surface area contributed by atoms with Gasteiger partial charge in [-0.2, -0.15) is 0 Å². The third-order valence-corrected chi connectivity index (χ3v) is 6.38. The van der Waals surface area contributed by atoms with Crippen LogP contribution in [0.3, 0.4) is 0 Å². The number of benzene rings is 3. The number of nitrogens with zero attached hydrogens (tertiary/aromatic N) is 2. The smallest absolute Gasteiger partial charge is 0.231 e. The maximum absolute atomic E-state index is 14.0. The number of rotatable bonds is 4. The van der Waals surface area contributed by atoms with Gasteiger partial charge in [0.1, 0.15) is 6.10 Å². The van der Waals surface area contributed by atoms with Crippen molar-refractivity contribution >= 4 is 11.6 Å². The summed E-state index contributed by atoms with van der Waals surface area (Å²) in [5, 5.41) is 1.96. The summed E-state index contributed by atoms with van der Waals surface area (Å²) >= 11 is 0. The van der Waals surface area contributed by atoms with E-state index in [0.29, 0.717) is 0 Å². The lowest BCUT2D eigenvalue weighted by Gasteiger charge is -2.33. The summed E-state index contributed by atoms with van der Waals surface area (Å²) in [6.45, 7) is 1.67. The average molecular weight is 413 g/mol. The number of carbonyl (C=O) groups excluding carboxylic acids is 1. The summed E-state index contributed by atoms with van der Waals surface area (Å²) in [5.41, 5.74) is 3.10. The van der Waals surface area contributed by atoms with Crippen LogP contribution in [0, 0.1) is 5.92 Å². The van der Waals surface area contributed by atoms with E-state index >= 15 is 0 Å². The number of amides is 1. The lowest BCUT2D eigenvalue weighted by atomic mass is 9.84. The van der Waals surface area contributed by atoms with E-state index in [-0.39, 0.29) is 24.0 Å². The van der Waals surface area contributed by atoms with Crippen molar-refractivity contribution in [1.82, 2.24) is 4.90 Å². The highest BCUT2D eigenvalue weighted by Gasteiger charge is 2.50. The molecule has 4 heteroatoms. The van der Waals surface area contributed by atoms with Crippen LogP contribution < -0.4 is 5.06 Å². The van der Waals surface area contributed by atoms with E-state index in [9.17, 15) is 4.79 Å². The quantitative estimate of drug-likeness (QED) is 0.563. The third kappa shape index (κ3) is 3.96. The maximum Gasteiger partial charge on any atom is 0.231 e. The number of piperidine rings is 1. The van der Waals surface area contributed by atoms with E-state index < -0.39 is 0 Å². The Bertz CT molecular complexity index is 988. The normalized spacial score (nSPS) is 23.7. The predicted molar refractivity (Wildman–Crippen MR) is 122 cm³/mol. The van der Waals surface area contributed by atoms with Crippen LogP contribution in [0.15, 0.2) is 91.0 Å². The molecule has 3 aromatic rings. The van der Waals surface area contributed by atoms with Crippen LogP contribution in [0.25, 0.3) is 0 Å². The summed E-state index contributed by atoms with van der Waals surface area (Å²) in [7, 11) is 0. The molecule has 0 aliphatic carbocycles. The van der Waals surface area contributed by atoms with Gasteiger partial charge >= 0.3 is 0 Å². The van der Waals surface area contributed by atoms with Gasteiger partial charge in [-0.15, -0.1) is 0 Å². The van der Waals surface area contributed by atoms with Crippen molar-refractivity contribution in [2.75, 3.05) is 18.2 Å². The molecule has 0 aromatic heterocycles. The van der Waals surface area contributed by atoms with Crippen LogP contribution in [0.5, 0.6) is 0 Å². The molecule has 2 fully saturated rings. The molecular weight excluding hydrogens is 384 g/mol. The van der Waals surface area contributed by atoms with Gasteiger partial charge in [0, 0.05) is 13.1 Å². The van der Waals surface area contributed by atoms with Crippen LogP contribution in [0.1, 0.15) is 42.5 Å². The van der Waals surface area contributed by atoms with Crippen LogP contribution in [-0.4, -0.2) is 23.9 Å². The molecule has 0 unspecified atom stereocenters. The largest absolute Gasteiger partial charge is 0.342 e. The van der Waals surface area contributed by atoms with Crippen LogP contribution >= 0.6 is 0 Å². The van der Waals surface area contributed by atoms with Gasteiger partial charge in [0.25, 0.3) is 0 Å². The summed E-state index contributed by atoms with van der Waals surface area (Å²) in [4.78, 5) is 22.6. The second-order valence-corrected chi connectivity index (χ2v) is 8.37. The predicted octanol–water partition coefficient (Wildman–Crippen LogP) is 5.55. The highest BCUT2D eigenvalue weighted by Crippen LogP contribution is 2.49. The first-order valence-corrected chi connectivity index (χ1v) is 11.2. The van der Waals surface area contributed by atoms with E-state index in [2.05, 4.69) is 29.2 Å². The SMILES string of the molecule is O=C([C@H]1[C@H](c2ccccc2)ON(c2ccccc2)[C@H]1c1ccccc1)N1CCCCC1. The minimum Gasteiger partial charge on any atom is -0.342 e. The van der Waals surface area contributed by atoms with Gasteiger partial charge in [-0.05, 0) is 42.5 Å². The molecule has 2 heterocycles. The van der Waals surface area contributed by atoms with E-state index in [1.807, 2.05) is 71.8 Å². The highest BCUT2D eigenvalue weighted by atomic mass is 16.7. The van der Waals surface area contributed by atoms with Crippen molar-refractivity contribution < 1.29 is 9.63 Å². The van der Waals surface area contributed by atoms with Gasteiger partial charge in [0.2, 0.25) is 5.91 Å². The Kier molecular flexibility index (Phi) is 5.72. The molecule has 4 nitrogen and oxygen atoms in total. The van der Waals surface area contributed by atoms with Gasteiger partial charge in [-0.3, -0.25) is 9.63 Å². The molecule has 3 atom stereocenters. The maximum atomic E-state index is 14.0. The van der Waals surface area contributed by atoms with Gasteiger partial charge in [0.15, 0.2) is 0 Å². The number of likely N-dealkylation sites (tertiary alicyclic amines) is 1. The van der Waals surface area contributed by atoms with Crippen molar-refractivity contribution in [3.05, 3.63) is 102 Å². The second-order valence-electron chi connectivity index (χ2n) is 8.37. The Morgan fingerprint density at radius 3 is 1.87 bits per heavy atom. The number of para-hydroxylation sites is 1. The fourth-order valence-electron chi connectivity index (χ4n) is 4.85. The van der Waals surface area contributed by atoms with Crippen LogP contribution in [0.4, 0.5) is 5.69 Å². The monoisotopic (exact) mass is 412 g/mol.